The van der Waals surface area contributed by atoms with Crippen LogP contribution in [0, 0.1) is 12.7 Å². The second-order valence-electron chi connectivity index (χ2n) is 6.19. The number of aromatic nitrogens is 2. The first-order valence-electron chi connectivity index (χ1n) is 8.18. The molecule has 1 aliphatic heterocycles. The fourth-order valence-electron chi connectivity index (χ4n) is 3.08. The van der Waals surface area contributed by atoms with Crippen molar-refractivity contribution in [2.45, 2.75) is 45.6 Å². The zero-order valence-electron chi connectivity index (χ0n) is 13.6. The van der Waals surface area contributed by atoms with Crippen LogP contribution in [-0.4, -0.2) is 22.0 Å². The molecule has 1 atom stereocenters. The zero-order valence-corrected chi connectivity index (χ0v) is 13.6. The lowest BCUT2D eigenvalue weighted by Gasteiger charge is -2.24. The Morgan fingerprint density at radius 1 is 1.48 bits per heavy atom. The highest BCUT2D eigenvalue weighted by Crippen LogP contribution is 2.29. The first kappa shape index (κ1) is 15.7. The molecule has 1 amide bonds. The van der Waals surface area contributed by atoms with Gasteiger partial charge in [0, 0.05) is 31.6 Å². The minimum atomic E-state index is -0.164. The van der Waals surface area contributed by atoms with Gasteiger partial charge in [-0.1, -0.05) is 19.1 Å². The van der Waals surface area contributed by atoms with E-state index in [1.165, 1.54) is 6.07 Å². The molecule has 1 aromatic carbocycles. The van der Waals surface area contributed by atoms with Crippen LogP contribution in [0.2, 0.25) is 0 Å². The lowest BCUT2D eigenvalue weighted by Crippen LogP contribution is -2.24. The molecule has 0 saturated carbocycles. The number of imidazole rings is 1. The largest absolute Gasteiger partial charge is 0.351 e. The molecule has 0 spiro atoms. The summed E-state index contributed by atoms with van der Waals surface area (Å²) >= 11 is 0. The lowest BCUT2D eigenvalue weighted by molar-refractivity contribution is 0.0949. The summed E-state index contributed by atoms with van der Waals surface area (Å²) in [4.78, 5) is 16.5. The Balaban J connectivity index is 1.76. The van der Waals surface area contributed by atoms with Gasteiger partial charge in [-0.05, 0) is 37.0 Å². The summed E-state index contributed by atoms with van der Waals surface area (Å²) < 4.78 is 15.5. The monoisotopic (exact) mass is 315 g/mol. The average molecular weight is 315 g/mol. The maximum absolute atomic E-state index is 13.4. The molecular formula is C18H22FN3O. The third kappa shape index (κ3) is 3.28. The summed E-state index contributed by atoms with van der Waals surface area (Å²) in [5, 5.41) is 2.86. The first-order valence-corrected chi connectivity index (χ1v) is 8.18. The van der Waals surface area contributed by atoms with Crippen LogP contribution < -0.4 is 5.32 Å². The van der Waals surface area contributed by atoms with Crippen molar-refractivity contribution in [3.8, 4) is 0 Å². The zero-order chi connectivity index (χ0) is 16.4. The number of fused-ring (bicyclic) bond motifs is 1. The predicted octanol–water partition coefficient (Wildman–Crippen LogP) is 3.20. The Morgan fingerprint density at radius 2 is 2.30 bits per heavy atom. The minimum absolute atomic E-state index is 0.108. The molecular weight excluding hydrogens is 293 g/mol. The van der Waals surface area contributed by atoms with Crippen LogP contribution in [0.3, 0.4) is 0 Å². The molecule has 0 saturated heterocycles. The van der Waals surface area contributed by atoms with E-state index in [2.05, 4.69) is 14.9 Å². The lowest BCUT2D eigenvalue weighted by atomic mass is 9.90. The molecule has 23 heavy (non-hydrogen) atoms. The summed E-state index contributed by atoms with van der Waals surface area (Å²) in [5.74, 6) is 1.02. The number of hydrogen-bond donors (Lipinski definition) is 1. The van der Waals surface area contributed by atoms with Gasteiger partial charge >= 0.3 is 0 Å². The van der Waals surface area contributed by atoms with Crippen molar-refractivity contribution < 1.29 is 9.18 Å². The van der Waals surface area contributed by atoms with Crippen LogP contribution in [0.25, 0.3) is 0 Å². The summed E-state index contributed by atoms with van der Waals surface area (Å²) in [7, 11) is 0. The molecule has 2 heterocycles. The summed E-state index contributed by atoms with van der Waals surface area (Å²) in [5.41, 5.74) is 2.32. The van der Waals surface area contributed by atoms with Gasteiger partial charge in [0.25, 0.3) is 5.91 Å². The normalized spacial score (nSPS) is 16.9. The van der Waals surface area contributed by atoms with Crippen molar-refractivity contribution in [2.24, 2.45) is 0 Å². The number of carbonyl (C=O) groups excluding carboxylic acids is 1. The van der Waals surface area contributed by atoms with Gasteiger partial charge in [0.15, 0.2) is 0 Å². The highest BCUT2D eigenvalue weighted by atomic mass is 19.1. The molecule has 1 unspecified atom stereocenters. The van der Waals surface area contributed by atoms with Crippen LogP contribution in [0.5, 0.6) is 0 Å². The maximum Gasteiger partial charge on any atom is 0.271 e. The summed E-state index contributed by atoms with van der Waals surface area (Å²) in [6, 6.07) is 5.33. The quantitative estimate of drug-likeness (QED) is 0.942. The van der Waals surface area contributed by atoms with Crippen molar-refractivity contribution in [1.29, 1.82) is 0 Å². The number of rotatable bonds is 4. The SMILES string of the molecule is CCCNC(=O)c1cn2c(n1)CCC(c1ccc(F)c(C)c1)C2. The van der Waals surface area contributed by atoms with E-state index in [-0.39, 0.29) is 11.7 Å². The number of carbonyl (C=O) groups is 1. The summed E-state index contributed by atoms with van der Waals surface area (Å²) in [6.07, 6.45) is 4.55. The Labute approximate surface area is 135 Å². The number of amides is 1. The molecule has 1 aliphatic rings. The number of hydrogen-bond acceptors (Lipinski definition) is 2. The van der Waals surface area contributed by atoms with Gasteiger partial charge in [0.1, 0.15) is 17.3 Å². The van der Waals surface area contributed by atoms with Crippen LogP contribution in [0.1, 0.15) is 53.1 Å². The van der Waals surface area contributed by atoms with E-state index in [9.17, 15) is 9.18 Å². The average Bonchev–Trinajstić information content (AvgIpc) is 2.98. The molecule has 5 heteroatoms. The third-order valence-corrected chi connectivity index (χ3v) is 4.41. The van der Waals surface area contributed by atoms with Crippen molar-refractivity contribution >= 4 is 5.91 Å². The van der Waals surface area contributed by atoms with E-state index in [1.54, 1.807) is 6.92 Å². The summed E-state index contributed by atoms with van der Waals surface area (Å²) in [6.45, 7) is 5.27. The molecule has 1 aromatic heterocycles. The fraction of sp³-hybridized carbons (Fsp3) is 0.444. The van der Waals surface area contributed by atoms with Crippen LogP contribution >= 0.6 is 0 Å². The Hall–Kier alpha value is -2.17. The maximum atomic E-state index is 13.4. The van der Waals surface area contributed by atoms with Gasteiger partial charge in [-0.3, -0.25) is 4.79 Å². The van der Waals surface area contributed by atoms with Gasteiger partial charge in [-0.15, -0.1) is 0 Å². The molecule has 3 rings (SSSR count). The number of nitrogens with one attached hydrogen (secondary N) is 1. The molecule has 2 aromatic rings. The number of halogens is 1. The topological polar surface area (TPSA) is 46.9 Å². The van der Waals surface area contributed by atoms with Gasteiger partial charge < -0.3 is 9.88 Å². The van der Waals surface area contributed by atoms with Gasteiger partial charge in [-0.25, -0.2) is 9.37 Å². The highest BCUT2D eigenvalue weighted by Gasteiger charge is 2.23. The van der Waals surface area contributed by atoms with Gasteiger partial charge in [-0.2, -0.15) is 0 Å². The van der Waals surface area contributed by atoms with E-state index in [4.69, 9.17) is 0 Å². The minimum Gasteiger partial charge on any atom is -0.351 e. The highest BCUT2D eigenvalue weighted by molar-refractivity contribution is 5.92. The smallest absolute Gasteiger partial charge is 0.271 e. The van der Waals surface area contributed by atoms with E-state index in [0.29, 0.717) is 23.7 Å². The molecule has 4 nitrogen and oxygen atoms in total. The fourth-order valence-corrected chi connectivity index (χ4v) is 3.08. The van der Waals surface area contributed by atoms with E-state index < -0.39 is 0 Å². The number of nitrogens with zero attached hydrogens (tertiary/aromatic N) is 2. The number of aryl methyl sites for hydroxylation is 2. The van der Waals surface area contributed by atoms with Crippen molar-refractivity contribution in [2.75, 3.05) is 6.54 Å². The Kier molecular flexibility index (Phi) is 4.46. The van der Waals surface area contributed by atoms with E-state index >= 15 is 0 Å². The molecule has 0 radical (unpaired) electrons. The van der Waals surface area contributed by atoms with Crippen LogP contribution in [0.4, 0.5) is 4.39 Å². The van der Waals surface area contributed by atoms with Gasteiger partial charge in [0.2, 0.25) is 0 Å². The number of benzene rings is 1. The van der Waals surface area contributed by atoms with Crippen molar-refractivity contribution in [3.05, 3.63) is 52.9 Å². The molecule has 0 fully saturated rings. The Morgan fingerprint density at radius 3 is 3.04 bits per heavy atom. The molecule has 0 aliphatic carbocycles. The molecule has 122 valence electrons. The molecule has 1 N–H and O–H groups in total. The first-order chi connectivity index (χ1) is 11.1. The predicted molar refractivity (Wildman–Crippen MR) is 87.1 cm³/mol. The van der Waals surface area contributed by atoms with Gasteiger partial charge in [0.05, 0.1) is 0 Å². The second-order valence-corrected chi connectivity index (χ2v) is 6.19. The second kappa shape index (κ2) is 6.52. The van der Waals surface area contributed by atoms with Crippen LogP contribution in [0.15, 0.2) is 24.4 Å². The third-order valence-electron chi connectivity index (χ3n) is 4.41. The Bertz CT molecular complexity index is 723. The van der Waals surface area contributed by atoms with E-state index in [0.717, 1.165) is 37.2 Å². The van der Waals surface area contributed by atoms with Crippen molar-refractivity contribution in [3.63, 3.8) is 0 Å². The van der Waals surface area contributed by atoms with Crippen molar-refractivity contribution in [1.82, 2.24) is 14.9 Å². The van der Waals surface area contributed by atoms with Crippen LogP contribution in [-0.2, 0) is 13.0 Å². The molecule has 0 bridgehead atoms. The standard InChI is InChI=1S/C18H22FN3O/c1-3-8-20-18(23)16-11-22-10-14(5-7-17(22)21-16)13-4-6-15(19)12(2)9-13/h4,6,9,11,14H,3,5,7-8,10H2,1-2H3,(H,20,23). The van der Waals surface area contributed by atoms with E-state index in [1.807, 2.05) is 25.3 Å².